The Morgan fingerprint density at radius 2 is 2.18 bits per heavy atom. The molecule has 0 spiro atoms. The highest BCUT2D eigenvalue weighted by Gasteiger charge is 2.29. The van der Waals surface area contributed by atoms with Crippen LogP contribution in [0.1, 0.15) is 45.2 Å². The second-order valence-corrected chi connectivity index (χ2v) is 6.87. The van der Waals surface area contributed by atoms with Crippen LogP contribution < -0.4 is 0 Å². The van der Waals surface area contributed by atoms with Gasteiger partial charge in [0.05, 0.1) is 0 Å². The van der Waals surface area contributed by atoms with Gasteiger partial charge in [0.25, 0.3) is 0 Å². The molecule has 1 aliphatic rings. The van der Waals surface area contributed by atoms with Gasteiger partial charge in [-0.25, -0.2) is 9.78 Å². The van der Waals surface area contributed by atoms with Crippen molar-refractivity contribution in [1.29, 1.82) is 0 Å². The summed E-state index contributed by atoms with van der Waals surface area (Å²) in [6.07, 6.45) is 5.66. The van der Waals surface area contributed by atoms with Crippen LogP contribution in [0, 0.1) is 0 Å². The highest BCUT2D eigenvalue weighted by molar-refractivity contribution is 5.68. The number of nitrogens with zero attached hydrogens (tertiary/aromatic N) is 3. The molecule has 22 heavy (non-hydrogen) atoms. The molecule has 0 N–H and O–H groups in total. The van der Waals surface area contributed by atoms with E-state index < -0.39 is 5.60 Å². The fraction of sp³-hybridized carbons (Fsp3) is 0.529. The molecule has 5 heteroatoms. The number of rotatable bonds is 1. The van der Waals surface area contributed by atoms with E-state index in [1.807, 2.05) is 50.2 Å². The highest BCUT2D eigenvalue weighted by Crippen LogP contribution is 2.28. The van der Waals surface area contributed by atoms with Crippen molar-refractivity contribution in [2.24, 2.45) is 0 Å². The van der Waals surface area contributed by atoms with Crippen LogP contribution in [-0.4, -0.2) is 39.1 Å². The summed E-state index contributed by atoms with van der Waals surface area (Å²) in [6, 6.07) is 6.15. The zero-order valence-electron chi connectivity index (χ0n) is 13.5. The van der Waals surface area contributed by atoms with E-state index in [1.165, 1.54) is 5.69 Å². The summed E-state index contributed by atoms with van der Waals surface area (Å²) in [4.78, 5) is 18.5. The lowest BCUT2D eigenvalue weighted by Crippen LogP contribution is -2.42. The van der Waals surface area contributed by atoms with Crippen LogP contribution in [0.15, 0.2) is 30.6 Å². The number of hydrogen-bond acceptors (Lipinski definition) is 3. The van der Waals surface area contributed by atoms with Gasteiger partial charge in [0.1, 0.15) is 11.2 Å². The molecule has 1 fully saturated rings. The van der Waals surface area contributed by atoms with Gasteiger partial charge in [0.15, 0.2) is 0 Å². The Labute approximate surface area is 130 Å². The van der Waals surface area contributed by atoms with Crippen molar-refractivity contribution in [2.75, 3.05) is 13.1 Å². The van der Waals surface area contributed by atoms with Gasteiger partial charge < -0.3 is 14.0 Å². The SMILES string of the molecule is CC(C)(C)OC(=O)N1CCCC(c2cccc3nccn23)C1. The number of pyridine rings is 1. The average Bonchev–Trinajstić information content (AvgIpc) is 2.94. The second kappa shape index (κ2) is 5.63. The van der Waals surface area contributed by atoms with Crippen molar-refractivity contribution >= 4 is 11.7 Å². The first-order valence-corrected chi connectivity index (χ1v) is 7.84. The fourth-order valence-corrected chi connectivity index (χ4v) is 3.01. The molecular weight excluding hydrogens is 278 g/mol. The Hall–Kier alpha value is -2.04. The molecule has 2 aromatic rings. The number of amides is 1. The minimum Gasteiger partial charge on any atom is -0.444 e. The maximum absolute atomic E-state index is 12.3. The molecule has 3 rings (SSSR count). The van der Waals surface area contributed by atoms with E-state index in [4.69, 9.17) is 4.74 Å². The quantitative estimate of drug-likeness (QED) is 0.810. The van der Waals surface area contributed by atoms with Gasteiger partial charge in [-0.05, 0) is 45.7 Å². The van der Waals surface area contributed by atoms with Crippen molar-refractivity contribution in [3.8, 4) is 0 Å². The number of aromatic nitrogens is 2. The standard InChI is InChI=1S/C17H23N3O2/c1-17(2,3)22-16(21)19-10-5-6-13(12-19)14-7-4-8-15-18-9-11-20(14)15/h4,7-9,11,13H,5-6,10,12H2,1-3H3. The number of likely N-dealkylation sites (tertiary alicyclic amines) is 1. The first kappa shape index (κ1) is 14.9. The average molecular weight is 301 g/mol. The highest BCUT2D eigenvalue weighted by atomic mass is 16.6. The molecule has 118 valence electrons. The van der Waals surface area contributed by atoms with E-state index in [9.17, 15) is 4.79 Å². The third-order valence-corrected chi connectivity index (χ3v) is 3.95. The molecule has 0 bridgehead atoms. The zero-order valence-corrected chi connectivity index (χ0v) is 13.5. The molecule has 1 atom stereocenters. The summed E-state index contributed by atoms with van der Waals surface area (Å²) in [5, 5.41) is 0. The largest absolute Gasteiger partial charge is 0.444 e. The van der Waals surface area contributed by atoms with Gasteiger partial charge in [-0.2, -0.15) is 0 Å². The third-order valence-electron chi connectivity index (χ3n) is 3.95. The molecular formula is C17H23N3O2. The molecule has 5 nitrogen and oxygen atoms in total. The lowest BCUT2D eigenvalue weighted by Gasteiger charge is -2.34. The van der Waals surface area contributed by atoms with E-state index in [-0.39, 0.29) is 6.09 Å². The van der Waals surface area contributed by atoms with Gasteiger partial charge in [-0.3, -0.25) is 0 Å². The van der Waals surface area contributed by atoms with Gasteiger partial charge in [0, 0.05) is 37.1 Å². The van der Waals surface area contributed by atoms with Crippen LogP contribution in [-0.2, 0) is 4.74 Å². The Kier molecular flexibility index (Phi) is 3.81. The molecule has 0 aromatic carbocycles. The topological polar surface area (TPSA) is 46.8 Å². The lowest BCUT2D eigenvalue weighted by molar-refractivity contribution is 0.0197. The van der Waals surface area contributed by atoms with E-state index in [0.29, 0.717) is 12.5 Å². The van der Waals surface area contributed by atoms with Gasteiger partial charge >= 0.3 is 6.09 Å². The van der Waals surface area contributed by atoms with E-state index in [1.54, 1.807) is 0 Å². The minimum atomic E-state index is -0.450. The molecule has 3 heterocycles. The van der Waals surface area contributed by atoms with Gasteiger partial charge in [0.2, 0.25) is 0 Å². The Bertz CT molecular complexity index is 672. The summed E-state index contributed by atoms with van der Waals surface area (Å²) >= 11 is 0. The van der Waals surface area contributed by atoms with Crippen molar-refractivity contribution in [3.63, 3.8) is 0 Å². The summed E-state index contributed by atoms with van der Waals surface area (Å²) in [6.45, 7) is 7.17. The molecule has 1 aliphatic heterocycles. The minimum absolute atomic E-state index is 0.213. The van der Waals surface area contributed by atoms with Crippen LogP contribution in [0.4, 0.5) is 4.79 Å². The van der Waals surface area contributed by atoms with Crippen LogP contribution in [0.3, 0.4) is 0 Å². The Morgan fingerprint density at radius 3 is 2.95 bits per heavy atom. The Balaban J connectivity index is 1.78. The lowest BCUT2D eigenvalue weighted by atomic mass is 9.94. The third kappa shape index (κ3) is 3.08. The van der Waals surface area contributed by atoms with Crippen molar-refractivity contribution in [3.05, 3.63) is 36.3 Å². The number of fused-ring (bicyclic) bond motifs is 1. The molecule has 1 saturated heterocycles. The molecule has 1 amide bonds. The van der Waals surface area contributed by atoms with E-state index in [2.05, 4.69) is 15.5 Å². The van der Waals surface area contributed by atoms with E-state index in [0.717, 1.165) is 25.0 Å². The molecule has 2 aromatic heterocycles. The summed E-state index contributed by atoms with van der Waals surface area (Å²) in [5.41, 5.74) is 1.71. The monoisotopic (exact) mass is 301 g/mol. The second-order valence-electron chi connectivity index (χ2n) is 6.87. The molecule has 0 radical (unpaired) electrons. The van der Waals surface area contributed by atoms with Gasteiger partial charge in [-0.1, -0.05) is 6.07 Å². The van der Waals surface area contributed by atoms with Crippen molar-refractivity contribution in [2.45, 2.75) is 45.1 Å². The number of carbonyl (C=O) groups excluding carboxylic acids is 1. The number of imidazole rings is 1. The van der Waals surface area contributed by atoms with Crippen LogP contribution in [0.25, 0.3) is 5.65 Å². The predicted octanol–water partition coefficient (Wildman–Crippen LogP) is 3.45. The molecule has 0 saturated carbocycles. The van der Waals surface area contributed by atoms with Crippen molar-refractivity contribution in [1.82, 2.24) is 14.3 Å². The van der Waals surface area contributed by atoms with Gasteiger partial charge in [-0.15, -0.1) is 0 Å². The zero-order chi connectivity index (χ0) is 15.7. The normalized spacial score (nSPS) is 19.4. The first-order valence-electron chi connectivity index (χ1n) is 7.84. The molecule has 1 unspecified atom stereocenters. The first-order chi connectivity index (χ1) is 10.4. The van der Waals surface area contributed by atoms with E-state index >= 15 is 0 Å². The summed E-state index contributed by atoms with van der Waals surface area (Å²) < 4.78 is 7.62. The smallest absolute Gasteiger partial charge is 0.410 e. The van der Waals surface area contributed by atoms with Crippen LogP contribution >= 0.6 is 0 Å². The summed E-state index contributed by atoms with van der Waals surface area (Å²) in [7, 11) is 0. The number of ether oxygens (including phenoxy) is 1. The maximum atomic E-state index is 12.3. The fourth-order valence-electron chi connectivity index (χ4n) is 3.01. The molecule has 0 aliphatic carbocycles. The maximum Gasteiger partial charge on any atom is 0.410 e. The number of hydrogen-bond donors (Lipinski definition) is 0. The number of piperidine rings is 1. The summed E-state index contributed by atoms with van der Waals surface area (Å²) in [5.74, 6) is 0.319. The van der Waals surface area contributed by atoms with Crippen molar-refractivity contribution < 1.29 is 9.53 Å². The Morgan fingerprint density at radius 1 is 1.36 bits per heavy atom. The van der Waals surface area contributed by atoms with Crippen LogP contribution in [0.2, 0.25) is 0 Å². The number of carbonyl (C=O) groups is 1. The van der Waals surface area contributed by atoms with Crippen LogP contribution in [0.5, 0.6) is 0 Å². The predicted molar refractivity (Wildman–Crippen MR) is 85.0 cm³/mol.